The molecule has 20 heavy (non-hydrogen) atoms. The summed E-state index contributed by atoms with van der Waals surface area (Å²) in [6.45, 7) is 0.911. The molecule has 1 aromatic heterocycles. The Morgan fingerprint density at radius 2 is 2.30 bits per heavy atom. The average Bonchev–Trinajstić information content (AvgIpc) is 2.48. The molecule has 0 spiro atoms. The highest BCUT2D eigenvalue weighted by Gasteiger charge is 2.30. The van der Waals surface area contributed by atoms with Gasteiger partial charge in [-0.05, 0) is 18.9 Å². The van der Waals surface area contributed by atoms with E-state index in [0.717, 1.165) is 12.8 Å². The third kappa shape index (κ3) is 3.01. The van der Waals surface area contributed by atoms with Crippen LogP contribution in [0.2, 0.25) is 5.15 Å². The van der Waals surface area contributed by atoms with Crippen LogP contribution < -0.4 is 5.73 Å². The van der Waals surface area contributed by atoms with E-state index in [1.807, 2.05) is 0 Å². The molecule has 2 N–H and O–H groups in total. The fraction of sp³-hybridized carbons (Fsp3) is 0.462. The van der Waals surface area contributed by atoms with Gasteiger partial charge in [0.05, 0.1) is 30.5 Å². The molecule has 1 aromatic rings. The maximum Gasteiger partial charge on any atom is 0.310 e. The van der Waals surface area contributed by atoms with Gasteiger partial charge in [-0.3, -0.25) is 9.59 Å². The molecular weight excluding hydrogens is 282 g/mol. The number of piperidine rings is 1. The van der Waals surface area contributed by atoms with Crippen molar-refractivity contribution in [1.82, 2.24) is 9.88 Å². The second kappa shape index (κ2) is 6.09. The fourth-order valence-corrected chi connectivity index (χ4v) is 2.49. The van der Waals surface area contributed by atoms with E-state index in [0.29, 0.717) is 18.8 Å². The minimum atomic E-state index is -0.292. The molecule has 1 unspecified atom stereocenters. The van der Waals surface area contributed by atoms with Gasteiger partial charge in [-0.15, -0.1) is 0 Å². The number of hydrogen-bond acceptors (Lipinski definition) is 5. The van der Waals surface area contributed by atoms with Crippen LogP contribution in [0.3, 0.4) is 0 Å². The molecule has 2 heterocycles. The lowest BCUT2D eigenvalue weighted by molar-refractivity contribution is -0.146. The number of halogens is 1. The van der Waals surface area contributed by atoms with Gasteiger partial charge in [0.25, 0.3) is 5.91 Å². The second-order valence-electron chi connectivity index (χ2n) is 4.72. The number of pyridine rings is 1. The van der Waals surface area contributed by atoms with E-state index in [1.54, 1.807) is 4.90 Å². The zero-order chi connectivity index (χ0) is 14.7. The van der Waals surface area contributed by atoms with Gasteiger partial charge >= 0.3 is 5.97 Å². The van der Waals surface area contributed by atoms with E-state index in [1.165, 1.54) is 19.4 Å². The lowest BCUT2D eigenvalue weighted by Crippen LogP contribution is -2.42. The molecule has 0 saturated carbocycles. The Balaban J connectivity index is 2.16. The Morgan fingerprint density at radius 3 is 3.00 bits per heavy atom. The van der Waals surface area contributed by atoms with Crippen molar-refractivity contribution in [2.45, 2.75) is 12.8 Å². The Morgan fingerprint density at radius 1 is 1.55 bits per heavy atom. The van der Waals surface area contributed by atoms with Crippen molar-refractivity contribution in [1.29, 1.82) is 0 Å². The monoisotopic (exact) mass is 297 g/mol. The highest BCUT2D eigenvalue weighted by atomic mass is 35.5. The number of carbonyl (C=O) groups excluding carboxylic acids is 2. The first kappa shape index (κ1) is 14.6. The van der Waals surface area contributed by atoms with Gasteiger partial charge in [-0.1, -0.05) is 11.6 Å². The molecule has 0 bridgehead atoms. The third-order valence-corrected chi connectivity index (χ3v) is 3.63. The molecular formula is C13H16ClN3O3. The van der Waals surface area contributed by atoms with Crippen molar-refractivity contribution < 1.29 is 14.3 Å². The number of hydrogen-bond donors (Lipinski definition) is 1. The van der Waals surface area contributed by atoms with Crippen molar-refractivity contribution in [2.75, 3.05) is 25.9 Å². The zero-order valence-corrected chi connectivity index (χ0v) is 11.9. The summed E-state index contributed by atoms with van der Waals surface area (Å²) in [5, 5.41) is 0.115. The van der Waals surface area contributed by atoms with Gasteiger partial charge < -0.3 is 15.4 Å². The number of methoxy groups -OCH3 is 1. The molecule has 6 nitrogen and oxygen atoms in total. The van der Waals surface area contributed by atoms with Crippen LogP contribution in [0.15, 0.2) is 12.3 Å². The maximum absolute atomic E-state index is 12.4. The number of likely N-dealkylation sites (tertiary alicyclic amines) is 1. The molecule has 7 heteroatoms. The molecule has 108 valence electrons. The maximum atomic E-state index is 12.4. The summed E-state index contributed by atoms with van der Waals surface area (Å²) < 4.78 is 4.73. The Kier molecular flexibility index (Phi) is 4.44. The number of anilines is 1. The lowest BCUT2D eigenvalue weighted by atomic mass is 9.97. The molecule has 1 aliphatic rings. The SMILES string of the molecule is COC(=O)C1CCCN(C(=O)c2cc(N)cnc2Cl)C1. The number of carbonyl (C=O) groups is 2. The summed E-state index contributed by atoms with van der Waals surface area (Å²) in [5.41, 5.74) is 6.26. The molecule has 1 atom stereocenters. The quantitative estimate of drug-likeness (QED) is 0.658. The normalized spacial score (nSPS) is 18.7. The molecule has 0 aromatic carbocycles. The molecule has 1 fully saturated rings. The Bertz CT molecular complexity index is 536. The average molecular weight is 298 g/mol. The van der Waals surface area contributed by atoms with Crippen LogP contribution in [0, 0.1) is 5.92 Å². The Labute approximate surface area is 121 Å². The van der Waals surface area contributed by atoms with Crippen LogP contribution in [-0.4, -0.2) is 42.0 Å². The van der Waals surface area contributed by atoms with Crippen LogP contribution in [-0.2, 0) is 9.53 Å². The molecule has 2 rings (SSSR count). The first-order valence-corrected chi connectivity index (χ1v) is 6.69. The van der Waals surface area contributed by atoms with Crippen LogP contribution in [0.4, 0.5) is 5.69 Å². The smallest absolute Gasteiger partial charge is 0.310 e. The summed E-state index contributed by atoms with van der Waals surface area (Å²) >= 11 is 5.93. The van der Waals surface area contributed by atoms with Gasteiger partial charge in [-0.2, -0.15) is 0 Å². The minimum absolute atomic E-state index is 0.115. The molecule has 0 aliphatic carbocycles. The first-order valence-electron chi connectivity index (χ1n) is 6.31. The van der Waals surface area contributed by atoms with Crippen LogP contribution in [0.25, 0.3) is 0 Å². The fourth-order valence-electron chi connectivity index (χ4n) is 2.31. The van der Waals surface area contributed by atoms with Crippen LogP contribution in [0.1, 0.15) is 23.2 Å². The number of amides is 1. The summed E-state index contributed by atoms with van der Waals surface area (Å²) in [5.74, 6) is -0.840. The van der Waals surface area contributed by atoms with Crippen LogP contribution in [0.5, 0.6) is 0 Å². The number of rotatable bonds is 2. The van der Waals surface area contributed by atoms with Gasteiger partial charge in [0.1, 0.15) is 5.15 Å². The summed E-state index contributed by atoms with van der Waals surface area (Å²) in [6.07, 6.45) is 2.87. The van der Waals surface area contributed by atoms with E-state index in [-0.39, 0.29) is 28.5 Å². The van der Waals surface area contributed by atoms with Gasteiger partial charge in [0.15, 0.2) is 0 Å². The number of ether oxygens (including phenoxy) is 1. The number of nitrogens with zero attached hydrogens (tertiary/aromatic N) is 2. The van der Waals surface area contributed by atoms with Crippen molar-refractivity contribution in [3.05, 3.63) is 23.0 Å². The first-order chi connectivity index (χ1) is 9.52. The molecule has 1 saturated heterocycles. The van der Waals surface area contributed by atoms with Crippen molar-refractivity contribution in [2.24, 2.45) is 5.92 Å². The van der Waals surface area contributed by atoms with Crippen molar-refractivity contribution in [3.63, 3.8) is 0 Å². The zero-order valence-electron chi connectivity index (χ0n) is 11.1. The topological polar surface area (TPSA) is 85.5 Å². The Hall–Kier alpha value is -1.82. The van der Waals surface area contributed by atoms with Crippen molar-refractivity contribution >= 4 is 29.2 Å². The predicted octanol–water partition coefficient (Wildman–Crippen LogP) is 1.34. The largest absolute Gasteiger partial charge is 0.469 e. The molecule has 0 radical (unpaired) electrons. The number of nitrogens with two attached hydrogens (primary N) is 1. The summed E-state index contributed by atoms with van der Waals surface area (Å²) in [7, 11) is 1.35. The molecule has 1 aliphatic heterocycles. The highest BCUT2D eigenvalue weighted by Crippen LogP contribution is 2.23. The summed E-state index contributed by atoms with van der Waals surface area (Å²) in [6, 6.07) is 1.50. The van der Waals surface area contributed by atoms with E-state index in [9.17, 15) is 9.59 Å². The van der Waals surface area contributed by atoms with E-state index in [4.69, 9.17) is 22.1 Å². The predicted molar refractivity (Wildman–Crippen MR) is 74.3 cm³/mol. The standard InChI is InChI=1S/C13H16ClN3O3/c1-20-13(19)8-3-2-4-17(7-8)12(18)10-5-9(15)6-16-11(10)14/h5-6,8H,2-4,7,15H2,1H3. The van der Waals surface area contributed by atoms with Crippen LogP contribution >= 0.6 is 11.6 Å². The molecule has 1 amide bonds. The number of aromatic nitrogens is 1. The van der Waals surface area contributed by atoms with E-state index in [2.05, 4.69) is 4.98 Å². The van der Waals surface area contributed by atoms with Gasteiger partial charge in [0, 0.05) is 13.1 Å². The van der Waals surface area contributed by atoms with Gasteiger partial charge in [0.2, 0.25) is 0 Å². The lowest BCUT2D eigenvalue weighted by Gasteiger charge is -2.31. The second-order valence-corrected chi connectivity index (χ2v) is 5.08. The van der Waals surface area contributed by atoms with Gasteiger partial charge in [-0.25, -0.2) is 4.98 Å². The van der Waals surface area contributed by atoms with E-state index >= 15 is 0 Å². The minimum Gasteiger partial charge on any atom is -0.469 e. The van der Waals surface area contributed by atoms with E-state index < -0.39 is 0 Å². The number of nitrogen functional groups attached to an aromatic ring is 1. The summed E-state index contributed by atoms with van der Waals surface area (Å²) in [4.78, 5) is 29.5. The number of esters is 1. The highest BCUT2D eigenvalue weighted by molar-refractivity contribution is 6.32. The van der Waals surface area contributed by atoms with Crippen molar-refractivity contribution in [3.8, 4) is 0 Å². The third-order valence-electron chi connectivity index (χ3n) is 3.33.